The average molecular weight is 340 g/mol. The fourth-order valence-electron chi connectivity index (χ4n) is 2.68. The van der Waals surface area contributed by atoms with Crippen LogP contribution >= 0.6 is 0 Å². The molecule has 0 fully saturated rings. The smallest absolute Gasteiger partial charge is 0.345 e. The van der Waals surface area contributed by atoms with Crippen LogP contribution in [0.25, 0.3) is 10.9 Å². The van der Waals surface area contributed by atoms with Gasteiger partial charge >= 0.3 is 5.69 Å². The molecule has 4 aromatic rings. The summed E-state index contributed by atoms with van der Waals surface area (Å²) >= 11 is 0. The van der Waals surface area contributed by atoms with Gasteiger partial charge in [0, 0.05) is 30.6 Å². The summed E-state index contributed by atoms with van der Waals surface area (Å²) in [5, 5.41) is 9.02. The predicted octanol–water partition coefficient (Wildman–Crippen LogP) is 1.09. The van der Waals surface area contributed by atoms with Crippen LogP contribution in [-0.4, -0.2) is 36.6 Å². The second-order valence-corrected chi connectivity index (χ2v) is 5.69. The molecule has 0 aliphatic heterocycles. The van der Waals surface area contributed by atoms with Crippen LogP contribution < -0.4 is 10.4 Å². The zero-order valence-electron chi connectivity index (χ0n) is 13.8. The quantitative estimate of drug-likeness (QED) is 0.583. The molecule has 9 heteroatoms. The largest absolute Gasteiger partial charge is 0.497 e. The zero-order valence-corrected chi connectivity index (χ0v) is 13.8. The van der Waals surface area contributed by atoms with Crippen LogP contribution in [0.3, 0.4) is 0 Å². The Hall–Kier alpha value is -3.36. The summed E-state index contributed by atoms with van der Waals surface area (Å²) < 4.78 is 13.2. The molecule has 3 aromatic heterocycles. The predicted molar refractivity (Wildman–Crippen MR) is 88.5 cm³/mol. The second-order valence-electron chi connectivity index (χ2n) is 5.69. The van der Waals surface area contributed by atoms with Crippen LogP contribution in [0, 0.1) is 0 Å². The molecule has 0 radical (unpaired) electrons. The lowest BCUT2D eigenvalue weighted by Gasteiger charge is -2.00. The summed E-state index contributed by atoms with van der Waals surface area (Å²) in [6.45, 7) is 0.147. The first-order chi connectivity index (χ1) is 12.1. The van der Waals surface area contributed by atoms with Gasteiger partial charge in [-0.25, -0.2) is 9.48 Å². The molecule has 0 saturated carbocycles. The van der Waals surface area contributed by atoms with Crippen molar-refractivity contribution in [2.45, 2.75) is 13.0 Å². The van der Waals surface area contributed by atoms with E-state index in [1.807, 2.05) is 24.4 Å². The van der Waals surface area contributed by atoms with Gasteiger partial charge in [-0.2, -0.15) is 10.1 Å². The molecule has 3 heterocycles. The van der Waals surface area contributed by atoms with Crippen molar-refractivity contribution in [2.24, 2.45) is 7.05 Å². The maximum Gasteiger partial charge on any atom is 0.345 e. The molecule has 0 bridgehead atoms. The van der Waals surface area contributed by atoms with Crippen LogP contribution in [0.1, 0.15) is 17.3 Å². The van der Waals surface area contributed by atoms with Crippen molar-refractivity contribution in [1.29, 1.82) is 0 Å². The first-order valence-corrected chi connectivity index (χ1v) is 7.68. The van der Waals surface area contributed by atoms with E-state index in [0.29, 0.717) is 18.1 Å². The van der Waals surface area contributed by atoms with Crippen LogP contribution in [0.2, 0.25) is 0 Å². The van der Waals surface area contributed by atoms with E-state index in [9.17, 15) is 4.79 Å². The SMILES string of the molecule is COc1ccc2[nH]cc(Cc3noc(Cn4ncn(C)c4=O)n3)c2c1. The molecule has 4 rings (SSSR count). The summed E-state index contributed by atoms with van der Waals surface area (Å²) in [5.74, 6) is 1.67. The summed E-state index contributed by atoms with van der Waals surface area (Å²) in [5.41, 5.74) is 1.82. The summed E-state index contributed by atoms with van der Waals surface area (Å²) in [6.07, 6.45) is 3.87. The number of H-pyrrole nitrogens is 1. The molecule has 0 spiro atoms. The third kappa shape index (κ3) is 2.80. The molecule has 128 valence electrons. The number of aromatic amines is 1. The van der Waals surface area contributed by atoms with E-state index in [2.05, 4.69) is 20.2 Å². The molecule has 0 aliphatic carbocycles. The molecular weight excluding hydrogens is 324 g/mol. The number of nitrogens with zero attached hydrogens (tertiary/aromatic N) is 5. The number of hydrogen-bond donors (Lipinski definition) is 1. The number of methoxy groups -OCH3 is 1. The minimum absolute atomic E-state index is 0.147. The van der Waals surface area contributed by atoms with E-state index >= 15 is 0 Å². The highest BCUT2D eigenvalue weighted by Gasteiger charge is 2.13. The number of aryl methyl sites for hydroxylation is 1. The van der Waals surface area contributed by atoms with E-state index in [1.165, 1.54) is 15.6 Å². The van der Waals surface area contributed by atoms with Crippen molar-refractivity contribution in [3.8, 4) is 5.75 Å². The van der Waals surface area contributed by atoms with Gasteiger partial charge in [-0.05, 0) is 23.8 Å². The zero-order chi connectivity index (χ0) is 17.4. The Balaban J connectivity index is 1.57. The highest BCUT2D eigenvalue weighted by atomic mass is 16.5. The van der Waals surface area contributed by atoms with Crippen molar-refractivity contribution < 1.29 is 9.26 Å². The number of aromatic nitrogens is 6. The molecule has 0 aliphatic rings. The van der Waals surface area contributed by atoms with Gasteiger partial charge in [0.05, 0.1) is 7.11 Å². The van der Waals surface area contributed by atoms with Crippen molar-refractivity contribution in [3.63, 3.8) is 0 Å². The highest BCUT2D eigenvalue weighted by molar-refractivity contribution is 5.84. The molecule has 1 aromatic carbocycles. The molecule has 25 heavy (non-hydrogen) atoms. The number of benzene rings is 1. The Morgan fingerprint density at radius 2 is 2.24 bits per heavy atom. The number of ether oxygens (including phenoxy) is 1. The van der Waals surface area contributed by atoms with Gasteiger partial charge in [-0.1, -0.05) is 5.16 Å². The fraction of sp³-hybridized carbons (Fsp3) is 0.250. The maximum absolute atomic E-state index is 11.8. The van der Waals surface area contributed by atoms with Crippen LogP contribution in [0.15, 0.2) is 40.0 Å². The second kappa shape index (κ2) is 5.93. The number of hydrogen-bond acceptors (Lipinski definition) is 6. The fourth-order valence-corrected chi connectivity index (χ4v) is 2.68. The lowest BCUT2D eigenvalue weighted by molar-refractivity contribution is 0.359. The van der Waals surface area contributed by atoms with E-state index in [-0.39, 0.29) is 12.2 Å². The number of fused-ring (bicyclic) bond motifs is 1. The summed E-state index contributed by atoms with van der Waals surface area (Å²) in [6, 6.07) is 5.84. The molecule has 0 atom stereocenters. The van der Waals surface area contributed by atoms with E-state index < -0.39 is 0 Å². The van der Waals surface area contributed by atoms with Gasteiger partial charge in [0.2, 0.25) is 5.89 Å². The molecule has 0 saturated heterocycles. The normalized spacial score (nSPS) is 11.3. The van der Waals surface area contributed by atoms with Gasteiger partial charge in [-0.15, -0.1) is 0 Å². The third-order valence-electron chi connectivity index (χ3n) is 4.01. The van der Waals surface area contributed by atoms with Gasteiger partial charge in [0.25, 0.3) is 0 Å². The van der Waals surface area contributed by atoms with Crippen molar-refractivity contribution >= 4 is 10.9 Å². The third-order valence-corrected chi connectivity index (χ3v) is 4.01. The van der Waals surface area contributed by atoms with E-state index in [1.54, 1.807) is 14.2 Å². The molecule has 9 nitrogen and oxygen atoms in total. The summed E-state index contributed by atoms with van der Waals surface area (Å²) in [4.78, 5) is 19.4. The Bertz CT molecular complexity index is 1090. The lowest BCUT2D eigenvalue weighted by atomic mass is 10.1. The standard InChI is InChI=1S/C16H16N6O3/c1-21-9-18-22(16(21)23)8-15-19-14(20-25-15)5-10-7-17-13-4-3-11(24-2)6-12(10)13/h3-4,6-7,9,17H,5,8H2,1-2H3. The van der Waals surface area contributed by atoms with Crippen LogP contribution in [-0.2, 0) is 20.0 Å². The lowest BCUT2D eigenvalue weighted by Crippen LogP contribution is -2.23. The number of rotatable bonds is 5. The number of nitrogens with one attached hydrogen (secondary N) is 1. The Morgan fingerprint density at radius 1 is 1.36 bits per heavy atom. The van der Waals surface area contributed by atoms with E-state index in [4.69, 9.17) is 9.26 Å². The first-order valence-electron chi connectivity index (χ1n) is 7.68. The molecule has 0 unspecified atom stereocenters. The Kier molecular flexibility index (Phi) is 3.60. The highest BCUT2D eigenvalue weighted by Crippen LogP contribution is 2.24. The average Bonchev–Trinajstić information content (AvgIpc) is 3.31. The van der Waals surface area contributed by atoms with Gasteiger partial charge in [0.15, 0.2) is 5.82 Å². The first kappa shape index (κ1) is 15.2. The maximum atomic E-state index is 11.8. The minimum Gasteiger partial charge on any atom is -0.497 e. The van der Waals surface area contributed by atoms with Crippen molar-refractivity contribution in [1.82, 2.24) is 29.5 Å². The van der Waals surface area contributed by atoms with Gasteiger partial charge < -0.3 is 14.2 Å². The monoisotopic (exact) mass is 340 g/mol. The van der Waals surface area contributed by atoms with Crippen molar-refractivity contribution in [3.05, 3.63) is 58.5 Å². The summed E-state index contributed by atoms with van der Waals surface area (Å²) in [7, 11) is 3.27. The minimum atomic E-state index is -0.233. The molecule has 0 amide bonds. The Labute approximate surface area is 141 Å². The van der Waals surface area contributed by atoms with Crippen LogP contribution in [0.5, 0.6) is 5.75 Å². The topological polar surface area (TPSA) is 104 Å². The van der Waals surface area contributed by atoms with Crippen molar-refractivity contribution in [2.75, 3.05) is 7.11 Å². The molecular formula is C16H16N6O3. The molecule has 1 N–H and O–H groups in total. The van der Waals surface area contributed by atoms with Gasteiger partial charge in [0.1, 0.15) is 18.6 Å². The van der Waals surface area contributed by atoms with E-state index in [0.717, 1.165) is 22.2 Å². The Morgan fingerprint density at radius 3 is 3.00 bits per heavy atom. The van der Waals surface area contributed by atoms with Crippen LogP contribution in [0.4, 0.5) is 0 Å². The van der Waals surface area contributed by atoms with Gasteiger partial charge in [-0.3, -0.25) is 4.57 Å².